The van der Waals surface area contributed by atoms with Crippen molar-refractivity contribution in [2.24, 2.45) is 0 Å². The van der Waals surface area contributed by atoms with E-state index < -0.39 is 104 Å². The second kappa shape index (κ2) is 16.4. The summed E-state index contributed by atoms with van der Waals surface area (Å²) in [7, 11) is 0. The van der Waals surface area contributed by atoms with Gasteiger partial charge in [0.05, 0.1) is 54.5 Å². The van der Waals surface area contributed by atoms with Crippen LogP contribution >= 0.6 is 0 Å². The SMILES string of the molecule is CC(=O)N[C@H]1[C@H]([C@H](O)[C@H](O)CO)O[C@@](Oc2ccc(-n3cc(COC(=O)Nc4ccc(OCC(F)(F)F)nc4)nn3)cc2C(F)F)(C(=O)O)C[C@@H]1O. The van der Waals surface area contributed by atoms with Gasteiger partial charge in [-0.25, -0.2) is 28.0 Å². The van der Waals surface area contributed by atoms with Crippen LogP contribution in [0.3, 0.4) is 0 Å². The van der Waals surface area contributed by atoms with Crippen molar-refractivity contribution in [3.05, 3.63) is 54.0 Å². The van der Waals surface area contributed by atoms with Gasteiger partial charge in [-0.2, -0.15) is 13.2 Å². The van der Waals surface area contributed by atoms with Gasteiger partial charge in [-0.05, 0) is 24.3 Å². The second-order valence-corrected chi connectivity index (χ2v) is 11.1. The number of anilines is 1. The largest absolute Gasteiger partial charge is 0.476 e. The molecule has 6 atom stereocenters. The number of hydrogen-bond acceptors (Lipinski definition) is 14. The fourth-order valence-corrected chi connectivity index (χ4v) is 4.83. The van der Waals surface area contributed by atoms with E-state index >= 15 is 0 Å². The molecule has 23 heteroatoms. The predicted molar refractivity (Wildman–Crippen MR) is 159 cm³/mol. The molecule has 0 unspecified atom stereocenters. The molecule has 1 aliphatic heterocycles. The maximum atomic E-state index is 14.3. The topological polar surface area (TPSA) is 257 Å². The lowest BCUT2D eigenvalue weighted by Crippen LogP contribution is -2.68. The highest BCUT2D eigenvalue weighted by atomic mass is 19.4. The van der Waals surface area contributed by atoms with E-state index in [1.165, 1.54) is 18.3 Å². The van der Waals surface area contributed by atoms with Gasteiger partial charge in [0.25, 0.3) is 6.43 Å². The Morgan fingerprint density at radius 2 is 1.90 bits per heavy atom. The Morgan fingerprint density at radius 1 is 1.17 bits per heavy atom. The van der Waals surface area contributed by atoms with E-state index in [4.69, 9.17) is 14.2 Å². The molecule has 2 amide bonds. The van der Waals surface area contributed by atoms with Crippen LogP contribution in [0.25, 0.3) is 5.69 Å². The molecule has 0 radical (unpaired) electrons. The van der Waals surface area contributed by atoms with Crippen LogP contribution in [-0.2, 0) is 25.7 Å². The first-order valence-corrected chi connectivity index (χ1v) is 14.9. The summed E-state index contributed by atoms with van der Waals surface area (Å²) in [6.45, 7) is -2.03. The maximum absolute atomic E-state index is 14.3. The molecule has 0 bridgehead atoms. The summed E-state index contributed by atoms with van der Waals surface area (Å²) in [5, 5.41) is 62.8. The fourth-order valence-electron chi connectivity index (χ4n) is 4.83. The number of aliphatic hydroxyl groups is 4. The number of pyridine rings is 1. The minimum Gasteiger partial charge on any atom is -0.476 e. The lowest BCUT2D eigenvalue weighted by atomic mass is 9.88. The molecule has 0 spiro atoms. The van der Waals surface area contributed by atoms with E-state index in [0.29, 0.717) is 0 Å². The molecule has 18 nitrogen and oxygen atoms in total. The number of carbonyl (C=O) groups is 3. The number of hydrogen-bond donors (Lipinski definition) is 7. The van der Waals surface area contributed by atoms with Gasteiger partial charge in [-0.15, -0.1) is 5.10 Å². The minimum absolute atomic E-state index is 0.0286. The third-order valence-corrected chi connectivity index (χ3v) is 7.21. The first-order chi connectivity index (χ1) is 24.4. The molecular formula is C29H31F5N6O12. The molecule has 1 aromatic carbocycles. The number of ether oxygens (including phenoxy) is 4. The van der Waals surface area contributed by atoms with E-state index in [0.717, 1.165) is 36.0 Å². The van der Waals surface area contributed by atoms with Gasteiger partial charge in [0.15, 0.2) is 6.61 Å². The number of halogens is 5. The van der Waals surface area contributed by atoms with E-state index in [1.807, 2.05) is 0 Å². The lowest BCUT2D eigenvalue weighted by molar-refractivity contribution is -0.284. The molecule has 52 heavy (non-hydrogen) atoms. The smallest absolute Gasteiger partial charge is 0.422 e. The summed E-state index contributed by atoms with van der Waals surface area (Å²) in [4.78, 5) is 40.0. The normalized spacial score (nSPS) is 21.6. The van der Waals surface area contributed by atoms with Crippen molar-refractivity contribution in [2.75, 3.05) is 18.5 Å². The van der Waals surface area contributed by atoms with Crippen LogP contribution in [-0.4, -0.2) is 119 Å². The van der Waals surface area contributed by atoms with Gasteiger partial charge in [0, 0.05) is 13.0 Å². The number of carbonyl (C=O) groups excluding carboxylic acids is 2. The predicted octanol–water partition coefficient (Wildman–Crippen LogP) is 0.818. The van der Waals surface area contributed by atoms with Crippen molar-refractivity contribution < 1.29 is 80.8 Å². The zero-order valence-electron chi connectivity index (χ0n) is 26.6. The Morgan fingerprint density at radius 3 is 2.50 bits per heavy atom. The lowest BCUT2D eigenvalue weighted by Gasteiger charge is -2.46. The highest BCUT2D eigenvalue weighted by Gasteiger charge is 2.57. The number of amides is 2. The molecule has 1 aliphatic rings. The summed E-state index contributed by atoms with van der Waals surface area (Å²) >= 11 is 0. The van der Waals surface area contributed by atoms with Crippen LogP contribution in [0.4, 0.5) is 32.4 Å². The van der Waals surface area contributed by atoms with Gasteiger partial charge in [0.1, 0.15) is 36.4 Å². The second-order valence-electron chi connectivity index (χ2n) is 11.1. The zero-order valence-corrected chi connectivity index (χ0v) is 26.6. The van der Waals surface area contributed by atoms with Gasteiger partial charge < -0.3 is 49.8 Å². The van der Waals surface area contributed by atoms with Crippen LogP contribution < -0.4 is 20.1 Å². The van der Waals surface area contributed by atoms with E-state index in [9.17, 15) is 61.9 Å². The number of aliphatic hydroxyl groups excluding tert-OH is 4. The molecule has 284 valence electrons. The van der Waals surface area contributed by atoms with Gasteiger partial charge in [0.2, 0.25) is 11.8 Å². The number of nitrogens with zero attached hydrogens (tertiary/aromatic N) is 4. The van der Waals surface area contributed by atoms with Crippen LogP contribution in [0.15, 0.2) is 42.7 Å². The Bertz CT molecular complexity index is 1710. The quantitative estimate of drug-likeness (QED) is 0.113. The molecule has 2 aromatic heterocycles. The van der Waals surface area contributed by atoms with Gasteiger partial charge in [-0.1, -0.05) is 5.21 Å². The maximum Gasteiger partial charge on any atom is 0.422 e. The number of nitrogens with one attached hydrogen (secondary N) is 2. The van der Waals surface area contributed by atoms with Crippen molar-refractivity contribution in [2.45, 2.75) is 68.8 Å². The third-order valence-electron chi connectivity index (χ3n) is 7.21. The van der Waals surface area contributed by atoms with Crippen molar-refractivity contribution in [3.63, 3.8) is 0 Å². The van der Waals surface area contributed by atoms with Crippen LogP contribution in [0.2, 0.25) is 0 Å². The first-order valence-electron chi connectivity index (χ1n) is 14.9. The average molecular weight is 751 g/mol. The highest BCUT2D eigenvalue weighted by molar-refractivity contribution is 5.84. The van der Waals surface area contributed by atoms with E-state index in [-0.39, 0.29) is 22.9 Å². The molecule has 3 heterocycles. The number of carboxylic acid groups (broad SMARTS) is 1. The number of aromatic nitrogens is 4. The number of aliphatic carboxylic acids is 1. The average Bonchev–Trinajstić information content (AvgIpc) is 3.56. The fraction of sp³-hybridized carbons (Fsp3) is 0.448. The van der Waals surface area contributed by atoms with E-state index in [1.54, 1.807) is 0 Å². The van der Waals surface area contributed by atoms with E-state index in [2.05, 4.69) is 30.7 Å². The molecule has 3 aromatic rings. The Balaban J connectivity index is 1.47. The Kier molecular flexibility index (Phi) is 12.5. The summed E-state index contributed by atoms with van der Waals surface area (Å²) in [5.41, 5.74) is -0.858. The summed E-state index contributed by atoms with van der Waals surface area (Å²) < 4.78 is 86.9. The molecule has 1 fully saturated rings. The third kappa shape index (κ3) is 9.97. The summed E-state index contributed by atoms with van der Waals surface area (Å²) in [6, 6.07) is 3.73. The number of rotatable bonds is 14. The molecule has 1 saturated heterocycles. The molecule has 4 rings (SSSR count). The molecule has 0 saturated carbocycles. The first kappa shape index (κ1) is 39.6. The molecular weight excluding hydrogens is 719 g/mol. The van der Waals surface area contributed by atoms with Gasteiger partial charge in [-0.3, -0.25) is 10.1 Å². The monoisotopic (exact) mass is 750 g/mol. The molecule has 0 aliphatic carbocycles. The van der Waals surface area contributed by atoms with Crippen LogP contribution in [0.1, 0.15) is 31.0 Å². The highest BCUT2D eigenvalue weighted by Crippen LogP contribution is 2.39. The number of carboxylic acids is 1. The summed E-state index contributed by atoms with van der Waals surface area (Å²) in [5.74, 6) is -6.70. The minimum atomic E-state index is -4.57. The Labute approximate surface area is 288 Å². The van der Waals surface area contributed by atoms with Crippen molar-refractivity contribution in [1.29, 1.82) is 0 Å². The molecule has 7 N–H and O–H groups in total. The van der Waals surface area contributed by atoms with Crippen molar-refractivity contribution in [1.82, 2.24) is 25.3 Å². The van der Waals surface area contributed by atoms with Gasteiger partial charge >= 0.3 is 24.0 Å². The van der Waals surface area contributed by atoms with Crippen molar-refractivity contribution in [3.8, 4) is 17.3 Å². The number of benzene rings is 1. The van der Waals surface area contributed by atoms with Crippen molar-refractivity contribution >= 4 is 23.7 Å². The Hall–Kier alpha value is -5.23. The van der Waals surface area contributed by atoms with Crippen LogP contribution in [0.5, 0.6) is 11.6 Å². The number of alkyl halides is 5. The zero-order chi connectivity index (χ0) is 38.4. The standard InChI is InChI=1S/C29H31F5N6O12/c1-13(42)36-22-18(43)7-28(26(46)47,52-24(22)23(45)19(44)10-41)51-20-4-3-16(6-17(20)25(30)31)40-9-15(38-39-40)11-49-27(48)37-14-2-5-21(35-8-14)50-12-29(32,33)34/h2-6,8-9,18-19,22-25,41,43-45H,7,10-12H2,1H3,(H,36,42)(H,37,48)(H,46,47)/t18-,19+,22+,23+,24+,28+/m0/s1. The summed E-state index contributed by atoms with van der Waals surface area (Å²) in [6.07, 6.45) is -15.4. The van der Waals surface area contributed by atoms with Crippen LogP contribution in [0, 0.1) is 0 Å².